The minimum Gasteiger partial charge on any atom is -0.336 e. The molecule has 1 aromatic carbocycles. The van der Waals surface area contributed by atoms with Crippen LogP contribution in [0.4, 0.5) is 18.9 Å². The molecule has 9 heteroatoms. The summed E-state index contributed by atoms with van der Waals surface area (Å²) in [6.45, 7) is 1.42. The van der Waals surface area contributed by atoms with E-state index in [0.29, 0.717) is 13.8 Å². The SMILES string of the molecule is CC(C)(OC(=[OH+])Oc1ccc([N+](=O)[O-])cc1)C(F)(F)F. The molecule has 1 rings (SSSR count). The van der Waals surface area contributed by atoms with Crippen LogP contribution >= 0.6 is 0 Å². The lowest BCUT2D eigenvalue weighted by Crippen LogP contribution is -2.44. The van der Waals surface area contributed by atoms with Gasteiger partial charge in [-0.1, -0.05) is 0 Å². The van der Waals surface area contributed by atoms with Crippen molar-refractivity contribution in [1.82, 2.24) is 0 Å². The zero-order valence-electron chi connectivity index (χ0n) is 10.5. The monoisotopic (exact) mass is 294 g/mol. The normalized spacial score (nSPS) is 11.8. The van der Waals surface area contributed by atoms with Crippen LogP contribution in [0.3, 0.4) is 0 Å². The summed E-state index contributed by atoms with van der Waals surface area (Å²) in [7, 11) is 0. The van der Waals surface area contributed by atoms with Crippen molar-refractivity contribution >= 4 is 11.8 Å². The number of non-ortho nitro benzene ring substituents is 1. The lowest BCUT2D eigenvalue weighted by atomic mass is 10.1. The van der Waals surface area contributed by atoms with Gasteiger partial charge >= 0.3 is 12.3 Å². The highest BCUT2D eigenvalue weighted by atomic mass is 19.4. The van der Waals surface area contributed by atoms with E-state index in [0.717, 1.165) is 24.3 Å². The van der Waals surface area contributed by atoms with Crippen molar-refractivity contribution in [3.63, 3.8) is 0 Å². The molecule has 0 bridgehead atoms. The summed E-state index contributed by atoms with van der Waals surface area (Å²) in [6, 6.07) is 4.35. The van der Waals surface area contributed by atoms with Gasteiger partial charge in [-0.3, -0.25) is 14.9 Å². The molecule has 0 spiro atoms. The van der Waals surface area contributed by atoms with Gasteiger partial charge in [-0.05, 0) is 0 Å². The fourth-order valence-electron chi connectivity index (χ4n) is 1.03. The summed E-state index contributed by atoms with van der Waals surface area (Å²) in [6.07, 6.45) is -6.01. The van der Waals surface area contributed by atoms with E-state index in [1.165, 1.54) is 0 Å². The van der Waals surface area contributed by atoms with Gasteiger partial charge in [0.25, 0.3) is 11.3 Å². The van der Waals surface area contributed by atoms with Crippen molar-refractivity contribution in [2.45, 2.75) is 25.6 Å². The van der Waals surface area contributed by atoms with E-state index < -0.39 is 22.9 Å². The molecule has 1 aromatic rings. The Morgan fingerprint density at radius 3 is 2.15 bits per heavy atom. The van der Waals surface area contributed by atoms with Crippen LogP contribution in [-0.4, -0.2) is 27.7 Å². The number of carbonyl (C=O) groups excluding carboxylic acids is 1. The third-order valence-corrected chi connectivity index (χ3v) is 2.28. The topological polar surface area (TPSA) is 83.0 Å². The molecule has 6 nitrogen and oxygen atoms in total. The van der Waals surface area contributed by atoms with E-state index >= 15 is 0 Å². The first-order chi connectivity index (χ1) is 9.03. The molecule has 0 aromatic heterocycles. The minimum absolute atomic E-state index is 0.105. The van der Waals surface area contributed by atoms with Gasteiger partial charge in [-0.25, -0.2) is 0 Å². The number of halogens is 3. The first-order valence-electron chi connectivity index (χ1n) is 5.27. The van der Waals surface area contributed by atoms with Crippen LogP contribution in [0.1, 0.15) is 13.8 Å². The molecule has 0 fully saturated rings. The molecule has 0 amide bonds. The van der Waals surface area contributed by atoms with Crippen molar-refractivity contribution < 1.29 is 32.4 Å². The fraction of sp³-hybridized carbons (Fsp3) is 0.364. The van der Waals surface area contributed by atoms with E-state index in [1.807, 2.05) is 0 Å². The number of alkyl halides is 3. The molecule has 20 heavy (non-hydrogen) atoms. The molecule has 0 saturated heterocycles. The van der Waals surface area contributed by atoms with Crippen LogP contribution in [-0.2, 0) is 4.74 Å². The van der Waals surface area contributed by atoms with Gasteiger partial charge in [0, 0.05) is 38.1 Å². The average Bonchev–Trinajstić information content (AvgIpc) is 2.27. The van der Waals surface area contributed by atoms with E-state index in [4.69, 9.17) is 0 Å². The summed E-state index contributed by atoms with van der Waals surface area (Å²) in [5.74, 6) is -0.105. The molecule has 0 heterocycles. The predicted octanol–water partition coefficient (Wildman–Crippen LogP) is 2.79. The second kappa shape index (κ2) is 5.35. The number of nitro benzene ring substituents is 1. The summed E-state index contributed by atoms with van der Waals surface area (Å²) < 4.78 is 46.4. The maximum absolute atomic E-state index is 12.5. The van der Waals surface area contributed by atoms with Gasteiger partial charge in [0.1, 0.15) is 0 Å². The smallest absolute Gasteiger partial charge is 0.336 e. The predicted molar refractivity (Wildman–Crippen MR) is 61.9 cm³/mol. The second-order valence-electron chi connectivity index (χ2n) is 4.23. The van der Waals surface area contributed by atoms with Gasteiger partial charge in [-0.15, -0.1) is 0 Å². The Hall–Kier alpha value is -2.32. The highest BCUT2D eigenvalue weighted by Gasteiger charge is 2.55. The summed E-state index contributed by atoms with van der Waals surface area (Å²) in [5.41, 5.74) is -2.87. The Bertz CT molecular complexity index is 510. The van der Waals surface area contributed by atoms with Gasteiger partial charge < -0.3 is 9.53 Å². The molecule has 0 aliphatic carbocycles. The van der Waals surface area contributed by atoms with Crippen LogP contribution in [0, 0.1) is 10.1 Å². The molecule has 110 valence electrons. The largest absolute Gasteiger partial charge is 0.719 e. The van der Waals surface area contributed by atoms with E-state index in [2.05, 4.69) is 9.47 Å². The fourth-order valence-corrected chi connectivity index (χ4v) is 1.03. The molecule has 0 atom stereocenters. The van der Waals surface area contributed by atoms with Crippen LogP contribution in [0.15, 0.2) is 24.3 Å². The van der Waals surface area contributed by atoms with Crippen molar-refractivity contribution in [3.8, 4) is 5.75 Å². The van der Waals surface area contributed by atoms with Crippen molar-refractivity contribution in [3.05, 3.63) is 34.4 Å². The standard InChI is InChI=1S/C11H10F3NO5/c1-10(2,11(12,13)14)20-9(16)19-8-5-3-7(4-6-8)15(17)18/h3-6H,1-2H3/p+1. The number of nitrogens with zero attached hydrogens (tertiary/aromatic N) is 1. The Morgan fingerprint density at radius 2 is 1.75 bits per heavy atom. The molecular weight excluding hydrogens is 283 g/mol. The van der Waals surface area contributed by atoms with E-state index in [9.17, 15) is 28.1 Å². The third-order valence-electron chi connectivity index (χ3n) is 2.28. The molecule has 1 N–H and O–H groups in total. The second-order valence-corrected chi connectivity index (χ2v) is 4.23. The minimum atomic E-state index is -4.71. The Morgan fingerprint density at radius 1 is 1.25 bits per heavy atom. The Labute approximate surface area is 111 Å². The number of rotatable bonds is 3. The maximum Gasteiger partial charge on any atom is 0.719 e. The summed E-state index contributed by atoms with van der Waals surface area (Å²) in [5, 5.41) is 10.4. The zero-order valence-corrected chi connectivity index (χ0v) is 10.5. The van der Waals surface area contributed by atoms with Gasteiger partial charge in [-0.2, -0.15) is 13.2 Å². The summed E-state index contributed by atoms with van der Waals surface area (Å²) >= 11 is 0. The number of hydrogen-bond donors (Lipinski definition) is 0. The number of nitro groups is 1. The summed E-state index contributed by atoms with van der Waals surface area (Å²) in [4.78, 5) is 19.0. The lowest BCUT2D eigenvalue weighted by Gasteiger charge is -2.21. The Kier molecular flexibility index (Phi) is 4.21. The maximum atomic E-state index is 12.5. The van der Waals surface area contributed by atoms with Crippen molar-refractivity contribution in [2.24, 2.45) is 0 Å². The first kappa shape index (κ1) is 15.7. The van der Waals surface area contributed by atoms with E-state index in [-0.39, 0.29) is 11.4 Å². The van der Waals surface area contributed by atoms with Crippen LogP contribution in [0.2, 0.25) is 0 Å². The lowest BCUT2D eigenvalue weighted by molar-refractivity contribution is -0.384. The molecule has 0 radical (unpaired) electrons. The molecule has 0 aliphatic heterocycles. The zero-order chi connectivity index (χ0) is 15.6. The number of ether oxygens (including phenoxy) is 2. The molecule has 0 aliphatic rings. The van der Waals surface area contributed by atoms with Gasteiger partial charge in [0.05, 0.1) is 4.92 Å². The van der Waals surface area contributed by atoms with Crippen LogP contribution in [0.25, 0.3) is 0 Å². The van der Waals surface area contributed by atoms with Crippen LogP contribution < -0.4 is 4.74 Å². The first-order valence-corrected chi connectivity index (χ1v) is 5.27. The number of benzene rings is 1. The van der Waals surface area contributed by atoms with E-state index in [1.54, 1.807) is 0 Å². The average molecular weight is 294 g/mol. The van der Waals surface area contributed by atoms with Crippen molar-refractivity contribution in [1.29, 1.82) is 0 Å². The molecular formula is C11H11F3NO5+. The third kappa shape index (κ3) is 3.84. The Balaban J connectivity index is 2.70. The van der Waals surface area contributed by atoms with Gasteiger partial charge in [0.15, 0.2) is 0 Å². The highest BCUT2D eigenvalue weighted by molar-refractivity contribution is 5.65. The number of hydrogen-bond acceptors (Lipinski definition) is 4. The highest BCUT2D eigenvalue weighted by Crippen LogP contribution is 2.33. The van der Waals surface area contributed by atoms with Gasteiger partial charge in [0.2, 0.25) is 5.75 Å². The van der Waals surface area contributed by atoms with Crippen LogP contribution in [0.5, 0.6) is 5.75 Å². The van der Waals surface area contributed by atoms with Crippen molar-refractivity contribution in [2.75, 3.05) is 0 Å². The quantitative estimate of drug-likeness (QED) is 0.282. The molecule has 0 saturated carbocycles. The molecule has 0 unspecified atom stereocenters.